The van der Waals surface area contributed by atoms with Crippen molar-refractivity contribution in [2.45, 2.75) is 26.0 Å². The lowest BCUT2D eigenvalue weighted by Gasteiger charge is -2.14. The van der Waals surface area contributed by atoms with E-state index in [1.807, 2.05) is 0 Å². The molecule has 1 aliphatic heterocycles. The van der Waals surface area contributed by atoms with Crippen molar-refractivity contribution >= 4 is 11.9 Å². The van der Waals surface area contributed by atoms with Crippen molar-refractivity contribution in [3.8, 4) is 22.9 Å². The molecule has 0 unspecified atom stereocenters. The standard InChI is InChI=1S/C24H19F2N3O6/c25-24(26)35-19-7-3-15(10-20(19)33-12-13-1-2-13)29-21(30)8-6-18(28-29)23(32)34-16-4-5-17-14(9-16)11-27-22(17)31/h3-10,13,24H,1-2,11-12H2,(H,27,31). The third-order valence-corrected chi connectivity index (χ3v) is 5.54. The number of hydrogen-bond acceptors (Lipinski definition) is 7. The average molecular weight is 483 g/mol. The first kappa shape index (κ1) is 22.5. The van der Waals surface area contributed by atoms with Crippen molar-refractivity contribution < 1.29 is 32.6 Å². The summed E-state index contributed by atoms with van der Waals surface area (Å²) in [6.45, 7) is -2.38. The van der Waals surface area contributed by atoms with Gasteiger partial charge in [0, 0.05) is 24.2 Å². The third-order valence-electron chi connectivity index (χ3n) is 5.54. The van der Waals surface area contributed by atoms with E-state index in [9.17, 15) is 23.2 Å². The molecule has 2 aliphatic rings. The van der Waals surface area contributed by atoms with Crippen molar-refractivity contribution in [3.05, 3.63) is 75.7 Å². The van der Waals surface area contributed by atoms with Gasteiger partial charge in [-0.2, -0.15) is 18.6 Å². The van der Waals surface area contributed by atoms with Crippen LogP contribution in [0.25, 0.3) is 5.69 Å². The smallest absolute Gasteiger partial charge is 0.387 e. The highest BCUT2D eigenvalue weighted by Gasteiger charge is 2.24. The van der Waals surface area contributed by atoms with Crippen LogP contribution in [0, 0.1) is 5.92 Å². The van der Waals surface area contributed by atoms with E-state index < -0.39 is 18.1 Å². The largest absolute Gasteiger partial charge is 0.489 e. The summed E-state index contributed by atoms with van der Waals surface area (Å²) in [5, 5.41) is 6.76. The molecule has 1 aliphatic carbocycles. The van der Waals surface area contributed by atoms with Gasteiger partial charge in [0.25, 0.3) is 11.5 Å². The molecular weight excluding hydrogens is 464 g/mol. The van der Waals surface area contributed by atoms with Gasteiger partial charge in [0.15, 0.2) is 17.2 Å². The van der Waals surface area contributed by atoms with Gasteiger partial charge >= 0.3 is 12.6 Å². The topological polar surface area (TPSA) is 109 Å². The molecule has 2 heterocycles. The number of nitrogens with one attached hydrogen (secondary N) is 1. The van der Waals surface area contributed by atoms with Crippen LogP contribution in [0.15, 0.2) is 53.3 Å². The van der Waals surface area contributed by atoms with E-state index in [1.165, 1.54) is 30.3 Å². The summed E-state index contributed by atoms with van der Waals surface area (Å²) in [5.74, 6) is -0.578. The summed E-state index contributed by atoms with van der Waals surface area (Å²) in [7, 11) is 0. The van der Waals surface area contributed by atoms with Crippen LogP contribution in [0.5, 0.6) is 17.2 Å². The zero-order valence-corrected chi connectivity index (χ0v) is 18.2. The van der Waals surface area contributed by atoms with Gasteiger partial charge in [-0.3, -0.25) is 9.59 Å². The predicted octanol–water partition coefficient (Wildman–Crippen LogP) is 3.09. The fourth-order valence-electron chi connectivity index (χ4n) is 3.56. The summed E-state index contributed by atoms with van der Waals surface area (Å²) < 4.78 is 42.1. The van der Waals surface area contributed by atoms with Gasteiger partial charge in [0.2, 0.25) is 0 Å². The molecule has 1 N–H and O–H groups in total. The number of halogens is 2. The van der Waals surface area contributed by atoms with Crippen molar-refractivity contribution in [2.75, 3.05) is 6.61 Å². The average Bonchev–Trinajstić information content (AvgIpc) is 3.60. The summed E-state index contributed by atoms with van der Waals surface area (Å²) in [4.78, 5) is 36.9. The number of nitrogens with zero attached hydrogens (tertiary/aromatic N) is 2. The normalized spacial score (nSPS) is 14.4. The van der Waals surface area contributed by atoms with Crippen molar-refractivity contribution in [2.24, 2.45) is 5.92 Å². The van der Waals surface area contributed by atoms with Gasteiger partial charge in [0.05, 0.1) is 12.3 Å². The van der Waals surface area contributed by atoms with Gasteiger partial charge in [-0.05, 0) is 60.7 Å². The van der Waals surface area contributed by atoms with Gasteiger partial charge in [-0.15, -0.1) is 0 Å². The second-order valence-corrected chi connectivity index (χ2v) is 8.12. The number of carbonyl (C=O) groups excluding carboxylic acids is 2. The molecule has 1 saturated carbocycles. The molecule has 1 amide bonds. The number of amides is 1. The number of alkyl halides is 2. The maximum Gasteiger partial charge on any atom is 0.387 e. The Labute approximate surface area is 197 Å². The summed E-state index contributed by atoms with van der Waals surface area (Å²) in [5.41, 5.74) is 0.685. The molecule has 1 fully saturated rings. The molecular formula is C24H19F2N3O6. The molecule has 5 rings (SSSR count). The Morgan fingerprint density at radius 3 is 2.69 bits per heavy atom. The molecule has 0 radical (unpaired) electrons. The van der Waals surface area contributed by atoms with Crippen LogP contribution >= 0.6 is 0 Å². The SMILES string of the molecule is O=C(Oc1ccc2c(c1)CNC2=O)c1ccc(=O)n(-c2ccc(OC(F)F)c(OCC3CC3)c2)n1. The van der Waals surface area contributed by atoms with Crippen LogP contribution in [0.4, 0.5) is 8.78 Å². The van der Waals surface area contributed by atoms with Crippen LogP contribution in [-0.2, 0) is 6.54 Å². The minimum absolute atomic E-state index is 0.0395. The van der Waals surface area contributed by atoms with E-state index >= 15 is 0 Å². The van der Waals surface area contributed by atoms with Gasteiger partial charge in [0.1, 0.15) is 5.75 Å². The first-order chi connectivity index (χ1) is 16.9. The second-order valence-electron chi connectivity index (χ2n) is 8.12. The fraction of sp³-hybridized carbons (Fsp3) is 0.250. The lowest BCUT2D eigenvalue weighted by atomic mass is 10.1. The molecule has 2 aromatic carbocycles. The first-order valence-corrected chi connectivity index (χ1v) is 10.8. The van der Waals surface area contributed by atoms with E-state index in [2.05, 4.69) is 15.2 Å². The lowest BCUT2D eigenvalue weighted by Crippen LogP contribution is -2.24. The molecule has 0 saturated heterocycles. The monoisotopic (exact) mass is 483 g/mol. The molecule has 0 spiro atoms. The number of hydrogen-bond donors (Lipinski definition) is 1. The zero-order chi connectivity index (χ0) is 24.5. The summed E-state index contributed by atoms with van der Waals surface area (Å²) in [6.07, 6.45) is 1.99. The highest BCUT2D eigenvalue weighted by molar-refractivity contribution is 5.98. The van der Waals surface area contributed by atoms with Crippen molar-refractivity contribution in [1.29, 1.82) is 0 Å². The van der Waals surface area contributed by atoms with Crippen LogP contribution in [0.2, 0.25) is 0 Å². The van der Waals surface area contributed by atoms with Gasteiger partial charge in [-0.25, -0.2) is 4.79 Å². The Kier molecular flexibility index (Phi) is 5.89. The number of benzene rings is 2. The second kappa shape index (κ2) is 9.16. The molecule has 11 heteroatoms. The number of esters is 1. The number of ether oxygens (including phenoxy) is 3. The number of aromatic nitrogens is 2. The van der Waals surface area contributed by atoms with Crippen LogP contribution in [0.3, 0.4) is 0 Å². The summed E-state index contributed by atoms with van der Waals surface area (Å²) >= 11 is 0. The highest BCUT2D eigenvalue weighted by Crippen LogP contribution is 2.34. The Morgan fingerprint density at radius 2 is 1.91 bits per heavy atom. The van der Waals surface area contributed by atoms with Crippen molar-refractivity contribution in [3.63, 3.8) is 0 Å². The van der Waals surface area contributed by atoms with Crippen LogP contribution < -0.4 is 25.1 Å². The maximum atomic E-state index is 12.8. The first-order valence-electron chi connectivity index (χ1n) is 10.8. The molecule has 1 aromatic heterocycles. The van der Waals surface area contributed by atoms with Crippen molar-refractivity contribution in [1.82, 2.24) is 15.1 Å². The third kappa shape index (κ3) is 4.98. The van der Waals surface area contributed by atoms with E-state index in [0.29, 0.717) is 30.2 Å². The van der Waals surface area contributed by atoms with E-state index in [1.54, 1.807) is 12.1 Å². The fourth-order valence-corrected chi connectivity index (χ4v) is 3.56. The van der Waals surface area contributed by atoms with Crippen LogP contribution in [-0.4, -0.2) is 34.9 Å². The lowest BCUT2D eigenvalue weighted by molar-refractivity contribution is -0.0515. The highest BCUT2D eigenvalue weighted by atomic mass is 19.3. The molecule has 9 nitrogen and oxygen atoms in total. The molecule has 3 aromatic rings. The Bertz CT molecular complexity index is 1370. The number of carbonyl (C=O) groups is 2. The van der Waals surface area contributed by atoms with E-state index in [4.69, 9.17) is 9.47 Å². The Hall–Kier alpha value is -4.28. The number of rotatable bonds is 8. The minimum atomic E-state index is -3.05. The van der Waals surface area contributed by atoms with E-state index in [-0.39, 0.29) is 34.5 Å². The molecule has 180 valence electrons. The summed E-state index contributed by atoms with van der Waals surface area (Å²) in [6, 6.07) is 10.9. The number of fused-ring (bicyclic) bond motifs is 1. The quantitative estimate of drug-likeness (QED) is 0.387. The molecule has 0 atom stereocenters. The molecule has 35 heavy (non-hydrogen) atoms. The zero-order valence-electron chi connectivity index (χ0n) is 18.2. The van der Waals surface area contributed by atoms with Gasteiger partial charge < -0.3 is 19.5 Å². The van der Waals surface area contributed by atoms with Gasteiger partial charge in [-0.1, -0.05) is 0 Å². The minimum Gasteiger partial charge on any atom is -0.489 e. The van der Waals surface area contributed by atoms with E-state index in [0.717, 1.165) is 23.6 Å². The van der Waals surface area contributed by atoms with Crippen LogP contribution in [0.1, 0.15) is 39.3 Å². The predicted molar refractivity (Wildman–Crippen MR) is 117 cm³/mol. The Morgan fingerprint density at radius 1 is 1.09 bits per heavy atom. The Balaban J connectivity index is 1.40. The molecule has 0 bridgehead atoms. The maximum absolute atomic E-state index is 12.8.